The van der Waals surface area contributed by atoms with Gasteiger partial charge in [-0.05, 0) is 17.7 Å². The zero-order valence-electron chi connectivity index (χ0n) is 9.47. The van der Waals surface area contributed by atoms with Gasteiger partial charge in [-0.3, -0.25) is 5.10 Å². The molecule has 0 saturated carbocycles. The summed E-state index contributed by atoms with van der Waals surface area (Å²) in [6, 6.07) is 9.09. The van der Waals surface area contributed by atoms with Crippen molar-refractivity contribution in [2.75, 3.05) is 0 Å². The van der Waals surface area contributed by atoms with Crippen molar-refractivity contribution in [2.24, 2.45) is 5.73 Å². The number of nitrogens with zero attached hydrogens (tertiary/aromatic N) is 1. The molecule has 1 amide bonds. The van der Waals surface area contributed by atoms with E-state index in [9.17, 15) is 4.79 Å². The first-order valence-electron chi connectivity index (χ1n) is 5.35. The van der Waals surface area contributed by atoms with Gasteiger partial charge in [-0.2, -0.15) is 5.10 Å². The van der Waals surface area contributed by atoms with Crippen LogP contribution in [-0.4, -0.2) is 16.3 Å². The molecule has 0 radical (unpaired) electrons. The van der Waals surface area contributed by atoms with Crippen LogP contribution in [-0.2, 0) is 11.2 Å². The monoisotopic (exact) mass is 265 g/mol. The number of nitrogens with two attached hydrogens (primary N) is 1. The van der Waals surface area contributed by atoms with Crippen LogP contribution in [0.15, 0.2) is 36.5 Å². The molecule has 1 atom stereocenters. The van der Waals surface area contributed by atoms with Crippen molar-refractivity contribution in [1.82, 2.24) is 10.2 Å². The molecule has 1 aromatic carbocycles. The summed E-state index contributed by atoms with van der Waals surface area (Å²) in [4.78, 5) is 10.9. The SMILES string of the molecule is NC(=O)OC(Cc1ccccc1Cl)c1ccn[nH]1. The zero-order chi connectivity index (χ0) is 13.0. The largest absolute Gasteiger partial charge is 0.440 e. The second kappa shape index (κ2) is 5.55. The van der Waals surface area contributed by atoms with Crippen LogP contribution in [0.5, 0.6) is 0 Å². The van der Waals surface area contributed by atoms with Crippen LogP contribution in [0.1, 0.15) is 17.4 Å². The van der Waals surface area contributed by atoms with Crippen LogP contribution in [0.3, 0.4) is 0 Å². The summed E-state index contributed by atoms with van der Waals surface area (Å²) in [6.07, 6.45) is 0.663. The third kappa shape index (κ3) is 3.01. The first kappa shape index (κ1) is 12.4. The number of amides is 1. The van der Waals surface area contributed by atoms with Crippen molar-refractivity contribution in [1.29, 1.82) is 0 Å². The number of primary amides is 1. The molecule has 0 aliphatic carbocycles. The molecule has 0 aliphatic rings. The fraction of sp³-hybridized carbons (Fsp3) is 0.167. The lowest BCUT2D eigenvalue weighted by Gasteiger charge is -2.15. The molecule has 0 fully saturated rings. The second-order valence-electron chi connectivity index (χ2n) is 3.73. The van der Waals surface area contributed by atoms with E-state index in [0.717, 1.165) is 5.56 Å². The number of aromatic nitrogens is 2. The maximum Gasteiger partial charge on any atom is 0.405 e. The molecule has 0 saturated heterocycles. The Morgan fingerprint density at radius 1 is 1.44 bits per heavy atom. The van der Waals surface area contributed by atoms with Gasteiger partial charge in [0, 0.05) is 17.6 Å². The predicted octanol–water partition coefficient (Wildman–Crippen LogP) is 2.44. The molecule has 18 heavy (non-hydrogen) atoms. The lowest BCUT2D eigenvalue weighted by molar-refractivity contribution is 0.104. The predicted molar refractivity (Wildman–Crippen MR) is 67.2 cm³/mol. The Bertz CT molecular complexity index is 528. The van der Waals surface area contributed by atoms with E-state index in [1.54, 1.807) is 18.3 Å². The van der Waals surface area contributed by atoms with Crippen molar-refractivity contribution < 1.29 is 9.53 Å². The summed E-state index contributed by atoms with van der Waals surface area (Å²) in [5.41, 5.74) is 6.61. The van der Waals surface area contributed by atoms with E-state index >= 15 is 0 Å². The molecule has 0 spiro atoms. The summed E-state index contributed by atoms with van der Waals surface area (Å²) >= 11 is 6.07. The van der Waals surface area contributed by atoms with Crippen LogP contribution < -0.4 is 5.73 Å². The highest BCUT2D eigenvalue weighted by atomic mass is 35.5. The Morgan fingerprint density at radius 2 is 2.22 bits per heavy atom. The highest BCUT2D eigenvalue weighted by Gasteiger charge is 2.18. The molecule has 0 bridgehead atoms. The van der Waals surface area contributed by atoms with Crippen LogP contribution in [0.2, 0.25) is 5.02 Å². The molecule has 0 aliphatic heterocycles. The molecular weight excluding hydrogens is 254 g/mol. The number of aromatic amines is 1. The summed E-state index contributed by atoms with van der Waals surface area (Å²) in [6.45, 7) is 0. The Balaban J connectivity index is 2.20. The highest BCUT2D eigenvalue weighted by molar-refractivity contribution is 6.31. The first-order chi connectivity index (χ1) is 8.66. The Kier molecular flexibility index (Phi) is 3.84. The Morgan fingerprint density at radius 3 is 2.83 bits per heavy atom. The van der Waals surface area contributed by atoms with Gasteiger partial charge < -0.3 is 10.5 Å². The lowest BCUT2D eigenvalue weighted by atomic mass is 10.1. The third-order valence-corrected chi connectivity index (χ3v) is 2.86. The van der Waals surface area contributed by atoms with Crippen LogP contribution in [0.4, 0.5) is 4.79 Å². The normalized spacial score (nSPS) is 12.1. The number of H-pyrrole nitrogens is 1. The van der Waals surface area contributed by atoms with E-state index in [0.29, 0.717) is 17.1 Å². The van der Waals surface area contributed by atoms with Crippen LogP contribution in [0, 0.1) is 0 Å². The second-order valence-corrected chi connectivity index (χ2v) is 4.14. The fourth-order valence-corrected chi connectivity index (χ4v) is 1.88. The minimum Gasteiger partial charge on any atom is -0.440 e. The molecule has 6 heteroatoms. The number of rotatable bonds is 4. The molecule has 2 rings (SSSR count). The van der Waals surface area contributed by atoms with E-state index in [4.69, 9.17) is 22.1 Å². The van der Waals surface area contributed by atoms with Gasteiger partial charge in [0.1, 0.15) is 6.10 Å². The number of halogens is 1. The number of hydrogen-bond donors (Lipinski definition) is 2. The maximum atomic E-state index is 10.9. The summed E-state index contributed by atoms with van der Waals surface area (Å²) in [5, 5.41) is 7.20. The number of ether oxygens (including phenoxy) is 1. The summed E-state index contributed by atoms with van der Waals surface area (Å²) in [5.74, 6) is 0. The fourth-order valence-electron chi connectivity index (χ4n) is 1.66. The van der Waals surface area contributed by atoms with Gasteiger partial charge >= 0.3 is 6.09 Å². The molecule has 5 nitrogen and oxygen atoms in total. The molecule has 94 valence electrons. The maximum absolute atomic E-state index is 10.9. The van der Waals surface area contributed by atoms with Gasteiger partial charge in [0.2, 0.25) is 0 Å². The van der Waals surface area contributed by atoms with Crippen LogP contribution in [0.25, 0.3) is 0 Å². The average molecular weight is 266 g/mol. The zero-order valence-corrected chi connectivity index (χ0v) is 10.2. The molecule has 1 heterocycles. The minimum absolute atomic E-state index is 0.435. The van der Waals surface area contributed by atoms with Crippen molar-refractivity contribution in [2.45, 2.75) is 12.5 Å². The molecule has 2 aromatic rings. The number of hydrogen-bond acceptors (Lipinski definition) is 3. The van der Waals surface area contributed by atoms with E-state index < -0.39 is 12.2 Å². The van der Waals surface area contributed by atoms with Gasteiger partial charge in [0.15, 0.2) is 0 Å². The minimum atomic E-state index is -0.832. The van der Waals surface area contributed by atoms with Gasteiger partial charge in [0.05, 0.1) is 5.69 Å². The number of carbonyl (C=O) groups is 1. The van der Waals surface area contributed by atoms with E-state index in [1.807, 2.05) is 18.2 Å². The van der Waals surface area contributed by atoms with E-state index in [2.05, 4.69) is 10.2 Å². The Labute approximate surface area is 109 Å². The summed E-state index contributed by atoms with van der Waals surface area (Å²) in [7, 11) is 0. The summed E-state index contributed by atoms with van der Waals surface area (Å²) < 4.78 is 5.06. The van der Waals surface area contributed by atoms with Gasteiger partial charge in [-0.25, -0.2) is 4.79 Å². The molecular formula is C12H12ClN3O2. The van der Waals surface area contributed by atoms with Gasteiger partial charge in [-0.15, -0.1) is 0 Å². The number of nitrogens with one attached hydrogen (secondary N) is 1. The van der Waals surface area contributed by atoms with Crippen molar-refractivity contribution >= 4 is 17.7 Å². The third-order valence-electron chi connectivity index (χ3n) is 2.49. The van der Waals surface area contributed by atoms with Gasteiger partial charge in [-0.1, -0.05) is 29.8 Å². The topological polar surface area (TPSA) is 81.0 Å². The Hall–Kier alpha value is -2.01. The van der Waals surface area contributed by atoms with E-state index in [1.165, 1.54) is 0 Å². The number of carbonyl (C=O) groups excluding carboxylic acids is 1. The first-order valence-corrected chi connectivity index (χ1v) is 5.73. The quantitative estimate of drug-likeness (QED) is 0.891. The van der Waals surface area contributed by atoms with Crippen LogP contribution >= 0.6 is 11.6 Å². The smallest absolute Gasteiger partial charge is 0.405 e. The standard InChI is InChI=1S/C12H12ClN3O2/c13-9-4-2-1-3-8(9)7-11(18-12(14)17)10-5-6-15-16-10/h1-6,11H,7H2,(H2,14,17)(H,15,16). The highest BCUT2D eigenvalue weighted by Crippen LogP contribution is 2.24. The van der Waals surface area contributed by atoms with Crippen molar-refractivity contribution in [3.05, 3.63) is 52.8 Å². The van der Waals surface area contributed by atoms with E-state index in [-0.39, 0.29) is 0 Å². The number of benzene rings is 1. The van der Waals surface area contributed by atoms with Gasteiger partial charge in [0.25, 0.3) is 0 Å². The lowest BCUT2D eigenvalue weighted by Crippen LogP contribution is -2.19. The molecule has 3 N–H and O–H groups in total. The average Bonchev–Trinajstić information content (AvgIpc) is 2.84. The van der Waals surface area contributed by atoms with Crippen molar-refractivity contribution in [3.63, 3.8) is 0 Å². The molecule has 1 aromatic heterocycles. The van der Waals surface area contributed by atoms with Crippen molar-refractivity contribution in [3.8, 4) is 0 Å². The molecule has 1 unspecified atom stereocenters.